The molecule has 0 aliphatic heterocycles. The number of rotatable bonds is 4. The van der Waals surface area contributed by atoms with Crippen LogP contribution in [0.1, 0.15) is 30.7 Å². The molecule has 5 heteroatoms. The van der Waals surface area contributed by atoms with Gasteiger partial charge in [-0.15, -0.1) is 0 Å². The Kier molecular flexibility index (Phi) is 4.14. The van der Waals surface area contributed by atoms with Gasteiger partial charge in [0.25, 0.3) is 0 Å². The second-order valence-electron chi connectivity index (χ2n) is 6.06. The third-order valence-corrected chi connectivity index (χ3v) is 4.54. The summed E-state index contributed by atoms with van der Waals surface area (Å²) < 4.78 is 0. The number of nitrogens with zero attached hydrogens (tertiary/aromatic N) is 4. The minimum atomic E-state index is 0.365. The van der Waals surface area contributed by atoms with Crippen molar-refractivity contribution in [2.45, 2.75) is 31.2 Å². The average Bonchev–Trinajstić information content (AvgIpc) is 3.11. The lowest BCUT2D eigenvalue weighted by atomic mass is 9.94. The van der Waals surface area contributed by atoms with Gasteiger partial charge in [0.15, 0.2) is 0 Å². The zero-order chi connectivity index (χ0) is 16.2. The SMILES string of the molecule is c1ccc(C2CCCC2Nc2nccc(-c3cnccn3)n2)cc1. The molecule has 3 aromatic rings. The van der Waals surface area contributed by atoms with Crippen LogP contribution in [-0.2, 0) is 0 Å². The predicted octanol–water partition coefficient (Wildman–Crippen LogP) is 3.68. The molecule has 120 valence electrons. The predicted molar refractivity (Wildman–Crippen MR) is 93.5 cm³/mol. The molecule has 1 aliphatic rings. The van der Waals surface area contributed by atoms with Crippen LogP contribution in [0.5, 0.6) is 0 Å². The van der Waals surface area contributed by atoms with E-state index in [1.165, 1.54) is 18.4 Å². The van der Waals surface area contributed by atoms with E-state index < -0.39 is 0 Å². The Labute approximate surface area is 141 Å². The maximum atomic E-state index is 4.61. The van der Waals surface area contributed by atoms with Gasteiger partial charge in [-0.1, -0.05) is 36.8 Å². The largest absolute Gasteiger partial charge is 0.351 e. The monoisotopic (exact) mass is 317 g/mol. The number of hydrogen-bond donors (Lipinski definition) is 1. The molecule has 1 aliphatic carbocycles. The molecule has 0 radical (unpaired) electrons. The van der Waals surface area contributed by atoms with Crippen LogP contribution in [0.3, 0.4) is 0 Å². The maximum Gasteiger partial charge on any atom is 0.223 e. The van der Waals surface area contributed by atoms with E-state index >= 15 is 0 Å². The number of anilines is 1. The Bertz CT molecular complexity index is 791. The molecule has 2 aromatic heterocycles. The summed E-state index contributed by atoms with van der Waals surface area (Å²) in [6.07, 6.45) is 10.4. The zero-order valence-corrected chi connectivity index (χ0v) is 13.3. The van der Waals surface area contributed by atoms with Crippen LogP contribution in [0.2, 0.25) is 0 Å². The van der Waals surface area contributed by atoms with Crippen molar-refractivity contribution in [3.8, 4) is 11.4 Å². The topological polar surface area (TPSA) is 63.6 Å². The van der Waals surface area contributed by atoms with E-state index in [1.807, 2.05) is 6.07 Å². The highest BCUT2D eigenvalue weighted by Crippen LogP contribution is 2.36. The summed E-state index contributed by atoms with van der Waals surface area (Å²) in [5, 5.41) is 3.53. The Morgan fingerprint density at radius 1 is 0.875 bits per heavy atom. The van der Waals surface area contributed by atoms with Gasteiger partial charge in [-0.05, 0) is 24.5 Å². The average molecular weight is 317 g/mol. The van der Waals surface area contributed by atoms with Gasteiger partial charge in [-0.3, -0.25) is 9.97 Å². The standard InChI is InChI=1S/C19H19N5/c1-2-5-14(6-3-1)15-7-4-8-16(15)23-19-22-10-9-17(24-19)18-13-20-11-12-21-18/h1-3,5-6,9-13,15-16H,4,7-8H2,(H,22,23,24). The molecule has 0 saturated heterocycles. The van der Waals surface area contributed by atoms with Gasteiger partial charge in [0.05, 0.1) is 11.9 Å². The number of aromatic nitrogens is 4. The van der Waals surface area contributed by atoms with Crippen molar-refractivity contribution in [1.82, 2.24) is 19.9 Å². The Balaban J connectivity index is 1.55. The molecular formula is C19H19N5. The molecule has 0 spiro atoms. The van der Waals surface area contributed by atoms with E-state index in [0.29, 0.717) is 17.9 Å². The third kappa shape index (κ3) is 3.11. The Hall–Kier alpha value is -2.82. The third-order valence-electron chi connectivity index (χ3n) is 4.54. The summed E-state index contributed by atoms with van der Waals surface area (Å²) in [5.74, 6) is 1.17. The van der Waals surface area contributed by atoms with E-state index in [9.17, 15) is 0 Å². The van der Waals surface area contributed by atoms with E-state index in [2.05, 4.69) is 55.6 Å². The molecule has 24 heavy (non-hydrogen) atoms. The van der Waals surface area contributed by atoms with Gasteiger partial charge < -0.3 is 5.32 Å². The van der Waals surface area contributed by atoms with Crippen LogP contribution in [-0.4, -0.2) is 26.0 Å². The fourth-order valence-electron chi connectivity index (χ4n) is 3.40. The highest BCUT2D eigenvalue weighted by atomic mass is 15.1. The molecule has 1 N–H and O–H groups in total. The summed E-state index contributed by atoms with van der Waals surface area (Å²) in [4.78, 5) is 17.4. The zero-order valence-electron chi connectivity index (χ0n) is 13.3. The van der Waals surface area contributed by atoms with E-state index in [-0.39, 0.29) is 0 Å². The molecule has 2 unspecified atom stereocenters. The van der Waals surface area contributed by atoms with E-state index in [0.717, 1.165) is 17.8 Å². The number of nitrogens with one attached hydrogen (secondary N) is 1. The van der Waals surface area contributed by atoms with Crippen molar-refractivity contribution < 1.29 is 0 Å². The van der Waals surface area contributed by atoms with Crippen LogP contribution in [0.4, 0.5) is 5.95 Å². The summed E-state index contributed by atoms with van der Waals surface area (Å²) >= 11 is 0. The maximum absolute atomic E-state index is 4.61. The quantitative estimate of drug-likeness (QED) is 0.795. The van der Waals surface area contributed by atoms with Gasteiger partial charge in [0, 0.05) is 30.6 Å². The fourth-order valence-corrected chi connectivity index (χ4v) is 3.40. The minimum Gasteiger partial charge on any atom is -0.351 e. The lowest BCUT2D eigenvalue weighted by molar-refractivity contribution is 0.644. The molecule has 0 amide bonds. The van der Waals surface area contributed by atoms with Crippen LogP contribution in [0, 0.1) is 0 Å². The summed E-state index contributed by atoms with van der Waals surface area (Å²) in [6.45, 7) is 0. The van der Waals surface area contributed by atoms with Crippen molar-refractivity contribution in [3.63, 3.8) is 0 Å². The lowest BCUT2D eigenvalue weighted by Gasteiger charge is -2.21. The number of hydrogen-bond acceptors (Lipinski definition) is 5. The first-order chi connectivity index (χ1) is 11.9. The first kappa shape index (κ1) is 14.8. The molecule has 2 atom stereocenters. The van der Waals surface area contributed by atoms with Gasteiger partial charge in [-0.2, -0.15) is 0 Å². The first-order valence-electron chi connectivity index (χ1n) is 8.31. The van der Waals surface area contributed by atoms with Gasteiger partial charge in [-0.25, -0.2) is 9.97 Å². The highest BCUT2D eigenvalue weighted by molar-refractivity contribution is 5.53. The lowest BCUT2D eigenvalue weighted by Crippen LogP contribution is -2.23. The van der Waals surface area contributed by atoms with E-state index in [1.54, 1.807) is 24.8 Å². The molecule has 4 rings (SSSR count). The van der Waals surface area contributed by atoms with Gasteiger partial charge in [0.2, 0.25) is 5.95 Å². The fraction of sp³-hybridized carbons (Fsp3) is 0.263. The summed E-state index contributed by atoms with van der Waals surface area (Å²) in [6, 6.07) is 12.9. The van der Waals surface area contributed by atoms with Gasteiger partial charge in [0.1, 0.15) is 5.69 Å². The summed E-state index contributed by atoms with van der Waals surface area (Å²) in [7, 11) is 0. The van der Waals surface area contributed by atoms with Crippen LogP contribution >= 0.6 is 0 Å². The van der Waals surface area contributed by atoms with Crippen LogP contribution in [0.15, 0.2) is 61.2 Å². The van der Waals surface area contributed by atoms with Crippen molar-refractivity contribution in [1.29, 1.82) is 0 Å². The molecule has 1 fully saturated rings. The smallest absolute Gasteiger partial charge is 0.223 e. The molecule has 1 saturated carbocycles. The molecule has 2 heterocycles. The first-order valence-corrected chi connectivity index (χ1v) is 8.31. The second-order valence-corrected chi connectivity index (χ2v) is 6.06. The summed E-state index contributed by atoms with van der Waals surface area (Å²) in [5.41, 5.74) is 2.93. The molecule has 1 aromatic carbocycles. The molecule has 5 nitrogen and oxygen atoms in total. The Morgan fingerprint density at radius 3 is 2.62 bits per heavy atom. The van der Waals surface area contributed by atoms with E-state index in [4.69, 9.17) is 0 Å². The highest BCUT2D eigenvalue weighted by Gasteiger charge is 2.29. The minimum absolute atomic E-state index is 0.365. The van der Waals surface area contributed by atoms with Crippen molar-refractivity contribution >= 4 is 5.95 Å². The van der Waals surface area contributed by atoms with Crippen LogP contribution in [0.25, 0.3) is 11.4 Å². The molecular weight excluding hydrogens is 298 g/mol. The normalized spacial score (nSPS) is 20.0. The molecule has 0 bridgehead atoms. The second kappa shape index (κ2) is 6.74. The Morgan fingerprint density at radius 2 is 1.79 bits per heavy atom. The van der Waals surface area contributed by atoms with Crippen molar-refractivity contribution in [3.05, 3.63) is 66.7 Å². The van der Waals surface area contributed by atoms with Gasteiger partial charge >= 0.3 is 0 Å². The van der Waals surface area contributed by atoms with Crippen molar-refractivity contribution in [2.75, 3.05) is 5.32 Å². The van der Waals surface area contributed by atoms with Crippen LogP contribution < -0.4 is 5.32 Å². The van der Waals surface area contributed by atoms with Crippen molar-refractivity contribution in [2.24, 2.45) is 0 Å². The number of benzene rings is 1.